The van der Waals surface area contributed by atoms with Gasteiger partial charge in [0.2, 0.25) is 5.91 Å². The quantitative estimate of drug-likeness (QED) is 0.901. The van der Waals surface area contributed by atoms with Crippen molar-refractivity contribution < 1.29 is 4.79 Å². The van der Waals surface area contributed by atoms with Crippen molar-refractivity contribution >= 4 is 27.5 Å². The number of likely N-dealkylation sites (N-methyl/N-ethyl adjacent to an activating group) is 1. The molecule has 0 saturated carbocycles. The molecule has 5 nitrogen and oxygen atoms in total. The van der Waals surface area contributed by atoms with Gasteiger partial charge in [-0.25, -0.2) is 0 Å². The third-order valence-corrected chi connectivity index (χ3v) is 3.92. The molecule has 2 N–H and O–H groups in total. The van der Waals surface area contributed by atoms with Crippen molar-refractivity contribution in [3.63, 3.8) is 0 Å². The van der Waals surface area contributed by atoms with Crippen molar-refractivity contribution in [2.24, 2.45) is 7.05 Å². The number of nitrogens with zero attached hydrogens (tertiary/aromatic N) is 2. The molecule has 2 aromatic rings. The van der Waals surface area contributed by atoms with Crippen LogP contribution < -0.4 is 10.6 Å². The van der Waals surface area contributed by atoms with Crippen LogP contribution in [0.3, 0.4) is 0 Å². The van der Waals surface area contributed by atoms with Crippen molar-refractivity contribution in [2.75, 3.05) is 12.4 Å². The van der Waals surface area contributed by atoms with Gasteiger partial charge in [0.25, 0.3) is 0 Å². The van der Waals surface area contributed by atoms with E-state index < -0.39 is 6.04 Å². The van der Waals surface area contributed by atoms with E-state index >= 15 is 0 Å². The second-order valence-electron chi connectivity index (χ2n) is 4.62. The zero-order chi connectivity index (χ0) is 14.7. The van der Waals surface area contributed by atoms with Crippen LogP contribution in [0.2, 0.25) is 0 Å². The van der Waals surface area contributed by atoms with Gasteiger partial charge in [-0.3, -0.25) is 9.48 Å². The number of rotatable bonds is 4. The van der Waals surface area contributed by atoms with Crippen LogP contribution in [0, 0.1) is 6.92 Å². The number of hydrogen-bond donors (Lipinski definition) is 2. The predicted octanol–water partition coefficient (Wildman–Crippen LogP) is 2.39. The van der Waals surface area contributed by atoms with Gasteiger partial charge in [0, 0.05) is 29.0 Å². The highest BCUT2D eigenvalue weighted by molar-refractivity contribution is 9.10. The fourth-order valence-corrected chi connectivity index (χ4v) is 2.22. The summed E-state index contributed by atoms with van der Waals surface area (Å²) in [5.74, 6) is -0.109. The second-order valence-corrected chi connectivity index (χ2v) is 5.48. The molecule has 0 aliphatic carbocycles. The summed E-state index contributed by atoms with van der Waals surface area (Å²) in [6.07, 6.45) is 3.52. The number of benzene rings is 1. The lowest BCUT2D eigenvalue weighted by Gasteiger charge is -2.15. The molecule has 1 heterocycles. The Hall–Kier alpha value is -1.66. The lowest BCUT2D eigenvalue weighted by Crippen LogP contribution is -2.30. The summed E-state index contributed by atoms with van der Waals surface area (Å²) in [6, 6.07) is 5.29. The SMILES string of the molecule is CNC(C(=O)Nc1ccc(Br)c(C)c1)c1cnn(C)c1. The highest BCUT2D eigenvalue weighted by Gasteiger charge is 2.20. The lowest BCUT2D eigenvalue weighted by molar-refractivity contribution is -0.118. The summed E-state index contributed by atoms with van der Waals surface area (Å²) in [5, 5.41) is 10.0. The zero-order valence-corrected chi connectivity index (χ0v) is 13.2. The Morgan fingerprint density at radius 1 is 1.45 bits per heavy atom. The fraction of sp³-hybridized carbons (Fsp3) is 0.286. The van der Waals surface area contributed by atoms with E-state index in [4.69, 9.17) is 0 Å². The van der Waals surface area contributed by atoms with Crippen molar-refractivity contribution in [1.29, 1.82) is 0 Å². The van der Waals surface area contributed by atoms with E-state index in [1.54, 1.807) is 17.9 Å². The first kappa shape index (κ1) is 14.7. The first-order valence-electron chi connectivity index (χ1n) is 6.24. The van der Waals surface area contributed by atoms with Crippen molar-refractivity contribution in [2.45, 2.75) is 13.0 Å². The summed E-state index contributed by atoms with van der Waals surface area (Å²) < 4.78 is 2.70. The van der Waals surface area contributed by atoms with Gasteiger partial charge in [-0.1, -0.05) is 15.9 Å². The predicted molar refractivity (Wildman–Crippen MR) is 82.5 cm³/mol. The molecule has 1 atom stereocenters. The zero-order valence-electron chi connectivity index (χ0n) is 11.6. The minimum atomic E-state index is -0.423. The number of hydrogen-bond acceptors (Lipinski definition) is 3. The molecule has 0 saturated heterocycles. The molecular formula is C14H17BrN4O. The monoisotopic (exact) mass is 336 g/mol. The minimum absolute atomic E-state index is 0.109. The normalized spacial score (nSPS) is 12.2. The lowest BCUT2D eigenvalue weighted by atomic mass is 10.1. The molecule has 0 aliphatic rings. The van der Waals surface area contributed by atoms with Gasteiger partial charge in [0.05, 0.1) is 6.20 Å². The molecule has 0 spiro atoms. The summed E-state index contributed by atoms with van der Waals surface area (Å²) in [4.78, 5) is 12.3. The van der Waals surface area contributed by atoms with Gasteiger partial charge in [-0.05, 0) is 37.7 Å². The maximum Gasteiger partial charge on any atom is 0.246 e. The first-order valence-corrected chi connectivity index (χ1v) is 7.03. The number of carbonyl (C=O) groups is 1. The summed E-state index contributed by atoms with van der Waals surface area (Å²) in [7, 11) is 3.58. The number of nitrogens with one attached hydrogen (secondary N) is 2. The third kappa shape index (κ3) is 3.26. The number of aromatic nitrogens is 2. The molecule has 0 bridgehead atoms. The number of amides is 1. The van der Waals surface area contributed by atoms with Crippen LogP contribution >= 0.6 is 15.9 Å². The van der Waals surface area contributed by atoms with Gasteiger partial charge >= 0.3 is 0 Å². The van der Waals surface area contributed by atoms with Crippen LogP contribution in [0.5, 0.6) is 0 Å². The Kier molecular flexibility index (Phi) is 4.57. The van der Waals surface area contributed by atoms with E-state index in [0.717, 1.165) is 21.3 Å². The molecule has 1 aromatic heterocycles. The Morgan fingerprint density at radius 2 is 2.20 bits per heavy atom. The van der Waals surface area contributed by atoms with E-state index in [9.17, 15) is 4.79 Å². The largest absolute Gasteiger partial charge is 0.324 e. The van der Waals surface area contributed by atoms with Crippen molar-refractivity contribution in [3.8, 4) is 0 Å². The van der Waals surface area contributed by atoms with E-state index in [1.165, 1.54) is 0 Å². The van der Waals surface area contributed by atoms with Crippen LogP contribution in [0.15, 0.2) is 35.1 Å². The van der Waals surface area contributed by atoms with Gasteiger partial charge in [-0.2, -0.15) is 5.10 Å². The first-order chi connectivity index (χ1) is 9.51. The Balaban J connectivity index is 2.15. The second kappa shape index (κ2) is 6.19. The van der Waals surface area contributed by atoms with Crippen molar-refractivity contribution in [1.82, 2.24) is 15.1 Å². The molecule has 2 rings (SSSR count). The van der Waals surface area contributed by atoms with Gasteiger partial charge in [0.1, 0.15) is 6.04 Å². The van der Waals surface area contributed by atoms with Gasteiger partial charge in [-0.15, -0.1) is 0 Å². The third-order valence-electron chi connectivity index (χ3n) is 3.03. The average molecular weight is 337 g/mol. The topological polar surface area (TPSA) is 59.0 Å². The molecule has 0 aliphatic heterocycles. The molecule has 20 heavy (non-hydrogen) atoms. The van der Waals surface area contributed by atoms with Crippen LogP contribution in [0.25, 0.3) is 0 Å². The maximum absolute atomic E-state index is 12.3. The Bertz CT molecular complexity index is 623. The van der Waals surface area contributed by atoms with Gasteiger partial charge in [0.15, 0.2) is 0 Å². The highest BCUT2D eigenvalue weighted by Crippen LogP contribution is 2.21. The molecule has 106 valence electrons. The van der Waals surface area contributed by atoms with E-state index in [1.807, 2.05) is 38.4 Å². The summed E-state index contributed by atoms with van der Waals surface area (Å²) in [5.41, 5.74) is 2.69. The Morgan fingerprint density at radius 3 is 2.75 bits per heavy atom. The van der Waals surface area contributed by atoms with Crippen LogP contribution in [0.1, 0.15) is 17.2 Å². The Labute approximate surface area is 126 Å². The molecule has 1 unspecified atom stereocenters. The van der Waals surface area contributed by atoms with Crippen LogP contribution in [-0.4, -0.2) is 22.7 Å². The number of anilines is 1. The fourth-order valence-electron chi connectivity index (χ4n) is 1.98. The number of aryl methyl sites for hydroxylation is 2. The number of halogens is 1. The van der Waals surface area contributed by atoms with Gasteiger partial charge < -0.3 is 10.6 Å². The van der Waals surface area contributed by atoms with E-state index in [2.05, 4.69) is 31.7 Å². The molecular weight excluding hydrogens is 320 g/mol. The standard InChI is InChI=1S/C14H17BrN4O/c1-9-6-11(4-5-12(9)15)18-14(20)13(16-2)10-7-17-19(3)8-10/h4-8,13,16H,1-3H3,(H,18,20). The summed E-state index contributed by atoms with van der Waals surface area (Å²) in [6.45, 7) is 1.98. The van der Waals surface area contributed by atoms with Crippen LogP contribution in [-0.2, 0) is 11.8 Å². The summed E-state index contributed by atoms with van der Waals surface area (Å²) >= 11 is 3.44. The maximum atomic E-state index is 12.3. The smallest absolute Gasteiger partial charge is 0.246 e. The average Bonchev–Trinajstić information content (AvgIpc) is 2.81. The molecule has 1 aromatic carbocycles. The molecule has 0 fully saturated rings. The minimum Gasteiger partial charge on any atom is -0.324 e. The molecule has 0 radical (unpaired) electrons. The van der Waals surface area contributed by atoms with E-state index in [0.29, 0.717) is 0 Å². The number of carbonyl (C=O) groups excluding carboxylic acids is 1. The highest BCUT2D eigenvalue weighted by atomic mass is 79.9. The van der Waals surface area contributed by atoms with E-state index in [-0.39, 0.29) is 5.91 Å². The molecule has 6 heteroatoms. The van der Waals surface area contributed by atoms with Crippen molar-refractivity contribution in [3.05, 3.63) is 46.2 Å². The molecule has 1 amide bonds. The van der Waals surface area contributed by atoms with Crippen LogP contribution in [0.4, 0.5) is 5.69 Å².